The van der Waals surface area contributed by atoms with Crippen molar-refractivity contribution in [2.45, 2.75) is 6.61 Å². The van der Waals surface area contributed by atoms with Gasteiger partial charge in [-0.15, -0.1) is 0 Å². The molecule has 0 spiro atoms. The van der Waals surface area contributed by atoms with Gasteiger partial charge in [0.1, 0.15) is 6.07 Å². The minimum absolute atomic E-state index is 0.236. The molecule has 0 bridgehead atoms. The van der Waals surface area contributed by atoms with E-state index in [1.807, 2.05) is 24.3 Å². The first-order valence-electron chi connectivity index (χ1n) is 3.98. The maximum Gasteiger partial charge on any atom is 0.392 e. The molecule has 0 N–H and O–H groups in total. The topological polar surface area (TPSA) is 49.7 Å². The van der Waals surface area contributed by atoms with Gasteiger partial charge in [0.2, 0.25) is 0 Å². The van der Waals surface area contributed by atoms with Crippen molar-refractivity contribution in [1.82, 2.24) is 0 Å². The Kier molecular flexibility index (Phi) is 4.33. The first-order valence-corrected chi connectivity index (χ1v) is 4.77. The van der Waals surface area contributed by atoms with E-state index in [-0.39, 0.29) is 12.4 Å². The molecule has 0 atom stereocenters. The van der Waals surface area contributed by atoms with E-state index in [2.05, 4.69) is 25.9 Å². The molecule has 1 aromatic rings. The van der Waals surface area contributed by atoms with Crippen LogP contribution in [0.5, 0.6) is 0 Å². The van der Waals surface area contributed by atoms with Crippen molar-refractivity contribution >= 4 is 21.8 Å². The van der Waals surface area contributed by atoms with Gasteiger partial charge in [-0.3, -0.25) is 0 Å². The van der Waals surface area contributed by atoms with Crippen LogP contribution >= 0.6 is 15.9 Å². The number of nitrogens with zero attached hydrogens (tertiary/aromatic N) is 3. The van der Waals surface area contributed by atoms with Gasteiger partial charge in [0.05, 0.1) is 5.16 Å². The van der Waals surface area contributed by atoms with Crippen LogP contribution in [0.1, 0.15) is 5.56 Å². The lowest BCUT2D eigenvalue weighted by Crippen LogP contribution is -1.91. The number of nitriles is 1. The molecule has 0 saturated heterocycles. The third kappa shape index (κ3) is 3.80. The molecule has 0 radical (unpaired) electrons. The van der Waals surface area contributed by atoms with Crippen molar-refractivity contribution in [2.75, 3.05) is 0 Å². The van der Waals surface area contributed by atoms with E-state index in [1.54, 1.807) is 6.07 Å². The Labute approximate surface area is 95.7 Å². The normalized spacial score (nSPS) is 10.2. The van der Waals surface area contributed by atoms with Crippen LogP contribution in [0.4, 0.5) is 0 Å². The van der Waals surface area contributed by atoms with Crippen LogP contribution in [0.25, 0.3) is 4.85 Å². The van der Waals surface area contributed by atoms with Gasteiger partial charge in [0.25, 0.3) is 0 Å². The standard InChI is InChI=1S/C10H6BrN3O/c1-13-10(6-12)14-15-7-8-3-2-4-9(11)5-8/h2-5H,7H2/b14-10-. The van der Waals surface area contributed by atoms with Crippen LogP contribution in [0.3, 0.4) is 0 Å². The molecular formula is C10H6BrN3O. The molecule has 0 aromatic heterocycles. The number of oxime groups is 1. The Morgan fingerprint density at radius 3 is 3.07 bits per heavy atom. The minimum Gasteiger partial charge on any atom is -0.348 e. The zero-order valence-corrected chi connectivity index (χ0v) is 9.23. The van der Waals surface area contributed by atoms with E-state index in [9.17, 15) is 0 Å². The molecular weight excluding hydrogens is 258 g/mol. The molecule has 74 valence electrons. The van der Waals surface area contributed by atoms with E-state index in [0.29, 0.717) is 0 Å². The molecule has 0 aliphatic rings. The van der Waals surface area contributed by atoms with Crippen LogP contribution in [0.2, 0.25) is 0 Å². The van der Waals surface area contributed by atoms with Crippen LogP contribution < -0.4 is 0 Å². The lowest BCUT2D eigenvalue weighted by Gasteiger charge is -1.96. The first kappa shape index (κ1) is 11.2. The van der Waals surface area contributed by atoms with Gasteiger partial charge in [-0.25, -0.2) is 5.26 Å². The fraction of sp³-hybridized carbons (Fsp3) is 0.100. The van der Waals surface area contributed by atoms with E-state index in [1.165, 1.54) is 0 Å². The highest BCUT2D eigenvalue weighted by molar-refractivity contribution is 9.10. The van der Waals surface area contributed by atoms with E-state index >= 15 is 0 Å². The summed E-state index contributed by atoms with van der Waals surface area (Å²) in [6, 6.07) is 9.11. The van der Waals surface area contributed by atoms with Gasteiger partial charge in [-0.2, -0.15) is 0 Å². The van der Waals surface area contributed by atoms with Gasteiger partial charge in [0.15, 0.2) is 6.61 Å². The molecule has 0 aliphatic heterocycles. The predicted molar refractivity (Wildman–Crippen MR) is 58.6 cm³/mol. The Balaban J connectivity index is 2.56. The highest BCUT2D eigenvalue weighted by Crippen LogP contribution is 2.12. The predicted octanol–water partition coefficient (Wildman–Crippen LogP) is 2.72. The molecule has 0 unspecified atom stereocenters. The summed E-state index contributed by atoms with van der Waals surface area (Å²) < 4.78 is 0.943. The van der Waals surface area contributed by atoms with Crippen LogP contribution in [-0.4, -0.2) is 5.84 Å². The molecule has 1 rings (SSSR count). The zero-order valence-electron chi connectivity index (χ0n) is 7.64. The van der Waals surface area contributed by atoms with E-state index in [4.69, 9.17) is 16.7 Å². The Bertz CT molecular complexity index is 440. The van der Waals surface area contributed by atoms with Gasteiger partial charge >= 0.3 is 5.84 Å². The zero-order chi connectivity index (χ0) is 11.1. The molecule has 15 heavy (non-hydrogen) atoms. The van der Waals surface area contributed by atoms with E-state index < -0.39 is 0 Å². The fourth-order valence-corrected chi connectivity index (χ4v) is 1.31. The van der Waals surface area contributed by atoms with Gasteiger partial charge in [0, 0.05) is 4.47 Å². The summed E-state index contributed by atoms with van der Waals surface area (Å²) in [6.07, 6.45) is 0. The third-order valence-corrected chi connectivity index (χ3v) is 1.97. The summed E-state index contributed by atoms with van der Waals surface area (Å²) in [4.78, 5) is 7.71. The summed E-state index contributed by atoms with van der Waals surface area (Å²) in [7, 11) is 0. The van der Waals surface area contributed by atoms with Crippen molar-refractivity contribution in [2.24, 2.45) is 5.16 Å². The monoisotopic (exact) mass is 263 g/mol. The van der Waals surface area contributed by atoms with Crippen LogP contribution in [0.15, 0.2) is 33.9 Å². The quantitative estimate of drug-likeness (QED) is 0.365. The molecule has 0 fully saturated rings. The Hall–Kier alpha value is -1.85. The van der Waals surface area contributed by atoms with Crippen molar-refractivity contribution < 1.29 is 4.84 Å². The Morgan fingerprint density at radius 1 is 1.67 bits per heavy atom. The molecule has 0 heterocycles. The van der Waals surface area contributed by atoms with Crippen molar-refractivity contribution in [1.29, 1.82) is 5.26 Å². The fourth-order valence-electron chi connectivity index (χ4n) is 0.861. The summed E-state index contributed by atoms with van der Waals surface area (Å²) in [5.74, 6) is -0.301. The summed E-state index contributed by atoms with van der Waals surface area (Å²) >= 11 is 3.32. The highest BCUT2D eigenvalue weighted by Gasteiger charge is 1.98. The summed E-state index contributed by atoms with van der Waals surface area (Å²) in [6.45, 7) is 6.80. The van der Waals surface area contributed by atoms with Crippen LogP contribution in [-0.2, 0) is 11.4 Å². The first-order chi connectivity index (χ1) is 7.26. The molecule has 1 aromatic carbocycles. The maximum absolute atomic E-state index is 8.39. The van der Waals surface area contributed by atoms with Crippen molar-refractivity contribution in [3.8, 4) is 6.07 Å². The average Bonchev–Trinajstić information content (AvgIpc) is 2.25. The number of halogens is 1. The van der Waals surface area contributed by atoms with Crippen LogP contribution in [0, 0.1) is 17.9 Å². The summed E-state index contributed by atoms with van der Waals surface area (Å²) in [5.41, 5.74) is 0.912. The lowest BCUT2D eigenvalue weighted by molar-refractivity contribution is 0.131. The molecule has 0 aliphatic carbocycles. The van der Waals surface area contributed by atoms with Crippen molar-refractivity contribution in [3.63, 3.8) is 0 Å². The number of amidine groups is 1. The van der Waals surface area contributed by atoms with Crippen molar-refractivity contribution in [3.05, 3.63) is 45.7 Å². The van der Waals surface area contributed by atoms with Gasteiger partial charge in [-0.05, 0) is 17.7 Å². The van der Waals surface area contributed by atoms with Gasteiger partial charge in [-0.1, -0.05) is 34.6 Å². The number of benzene rings is 1. The molecule has 5 heteroatoms. The smallest absolute Gasteiger partial charge is 0.348 e. The maximum atomic E-state index is 8.39. The second kappa shape index (κ2) is 5.79. The highest BCUT2D eigenvalue weighted by atomic mass is 79.9. The molecule has 4 nitrogen and oxygen atoms in total. The summed E-state index contributed by atoms with van der Waals surface area (Å²) in [5, 5.41) is 11.8. The lowest BCUT2D eigenvalue weighted by atomic mass is 10.2. The van der Waals surface area contributed by atoms with E-state index in [0.717, 1.165) is 10.0 Å². The number of rotatable bonds is 3. The second-order valence-electron chi connectivity index (χ2n) is 2.54. The molecule has 0 saturated carbocycles. The SMILES string of the molecule is [C-]#[N+]/C(C#N)=N\OCc1cccc(Br)c1. The minimum atomic E-state index is -0.301. The number of hydrogen-bond donors (Lipinski definition) is 0. The second-order valence-corrected chi connectivity index (χ2v) is 3.46. The number of hydrogen-bond acceptors (Lipinski definition) is 3. The van der Waals surface area contributed by atoms with Gasteiger partial charge < -0.3 is 9.68 Å². The largest absolute Gasteiger partial charge is 0.392 e. The average molecular weight is 264 g/mol. The molecule has 0 amide bonds. The third-order valence-electron chi connectivity index (χ3n) is 1.48. The Morgan fingerprint density at radius 2 is 2.47 bits per heavy atom.